The Morgan fingerprint density at radius 3 is 2.55 bits per heavy atom. The maximum absolute atomic E-state index is 8.14. The minimum absolute atomic E-state index is 0.229. The quantitative estimate of drug-likeness (QED) is 0.522. The van der Waals surface area contributed by atoms with Crippen LogP contribution in [0.5, 0.6) is 5.75 Å². The molecule has 0 bridgehead atoms. The number of benzene rings is 1. The SMILES string of the molecule is COC(=N)C1=C[N+](C)(C2CCCCC2)c2c(OC)cccc21. The molecule has 1 N–H and O–H groups in total. The standard InChI is InChI=1S/C18H25N2O2/c1-20(13-8-5-4-6-9-13)12-15(18(19)22-3)14-10-7-11-16(21-2)17(14)20/h7,10-13,19H,4-6,8-9H2,1-3H3/q+1. The molecule has 0 amide bonds. The Morgan fingerprint density at radius 2 is 1.91 bits per heavy atom. The van der Waals surface area contributed by atoms with Gasteiger partial charge in [0, 0.05) is 12.8 Å². The maximum atomic E-state index is 8.14. The van der Waals surface area contributed by atoms with Gasteiger partial charge in [0.1, 0.15) is 11.8 Å². The summed E-state index contributed by atoms with van der Waals surface area (Å²) < 4.78 is 11.6. The molecule has 118 valence electrons. The van der Waals surface area contributed by atoms with Gasteiger partial charge in [0.25, 0.3) is 0 Å². The molecular weight excluding hydrogens is 276 g/mol. The fourth-order valence-electron chi connectivity index (χ4n) is 4.00. The molecule has 1 aliphatic carbocycles. The van der Waals surface area contributed by atoms with Crippen LogP contribution in [0.15, 0.2) is 24.4 Å². The fraction of sp³-hybridized carbons (Fsp3) is 0.500. The number of nitrogens with zero attached hydrogens (tertiary/aromatic N) is 1. The van der Waals surface area contributed by atoms with Crippen LogP contribution in [-0.4, -0.2) is 33.2 Å². The van der Waals surface area contributed by atoms with Gasteiger partial charge in [-0.15, -0.1) is 0 Å². The number of nitrogens with one attached hydrogen (secondary N) is 1. The molecule has 1 aliphatic heterocycles. The number of ether oxygens (including phenoxy) is 2. The minimum Gasteiger partial charge on any atom is -0.491 e. The third kappa shape index (κ3) is 2.22. The van der Waals surface area contributed by atoms with E-state index >= 15 is 0 Å². The highest BCUT2D eigenvalue weighted by molar-refractivity contribution is 6.21. The molecule has 22 heavy (non-hydrogen) atoms. The Kier molecular flexibility index (Phi) is 3.96. The van der Waals surface area contributed by atoms with Crippen LogP contribution < -0.4 is 9.22 Å². The predicted octanol–water partition coefficient (Wildman–Crippen LogP) is 3.94. The van der Waals surface area contributed by atoms with Crippen molar-refractivity contribution in [2.45, 2.75) is 38.1 Å². The molecule has 1 saturated carbocycles. The molecule has 2 aliphatic rings. The van der Waals surface area contributed by atoms with Gasteiger partial charge in [-0.1, -0.05) is 12.5 Å². The van der Waals surface area contributed by atoms with Gasteiger partial charge < -0.3 is 9.47 Å². The van der Waals surface area contributed by atoms with Gasteiger partial charge in [-0.05, 0) is 25.0 Å². The Bertz CT molecular complexity index is 618. The number of hydrogen-bond acceptors (Lipinski definition) is 3. The second kappa shape index (κ2) is 5.76. The Hall–Kier alpha value is -1.81. The number of fused-ring (bicyclic) bond motifs is 1. The maximum Gasteiger partial charge on any atom is 0.219 e. The van der Waals surface area contributed by atoms with E-state index in [-0.39, 0.29) is 5.90 Å². The smallest absolute Gasteiger partial charge is 0.219 e. The molecule has 1 aromatic rings. The topological polar surface area (TPSA) is 42.3 Å². The van der Waals surface area contributed by atoms with Crippen LogP contribution in [-0.2, 0) is 4.74 Å². The third-order valence-corrected chi connectivity index (χ3v) is 5.17. The van der Waals surface area contributed by atoms with Crippen molar-refractivity contribution in [1.82, 2.24) is 4.48 Å². The summed E-state index contributed by atoms with van der Waals surface area (Å²) in [6, 6.07) is 6.63. The van der Waals surface area contributed by atoms with Crippen molar-refractivity contribution in [3.63, 3.8) is 0 Å². The van der Waals surface area contributed by atoms with Crippen molar-refractivity contribution in [2.24, 2.45) is 0 Å². The van der Waals surface area contributed by atoms with E-state index in [9.17, 15) is 0 Å². The molecular formula is C18H25N2O2+. The third-order valence-electron chi connectivity index (χ3n) is 5.17. The lowest BCUT2D eigenvalue weighted by molar-refractivity contribution is 0.250. The number of hydrogen-bond donors (Lipinski definition) is 1. The largest absolute Gasteiger partial charge is 0.491 e. The first-order valence-corrected chi connectivity index (χ1v) is 8.01. The van der Waals surface area contributed by atoms with Crippen LogP contribution in [0.25, 0.3) is 5.57 Å². The molecule has 3 rings (SSSR count). The van der Waals surface area contributed by atoms with Crippen LogP contribution in [0.4, 0.5) is 5.69 Å². The first kappa shape index (κ1) is 15.1. The molecule has 4 heteroatoms. The van der Waals surface area contributed by atoms with Gasteiger partial charge >= 0.3 is 0 Å². The van der Waals surface area contributed by atoms with Crippen molar-refractivity contribution < 1.29 is 9.47 Å². The number of methoxy groups -OCH3 is 2. The van der Waals surface area contributed by atoms with Crippen LogP contribution in [0.3, 0.4) is 0 Å². The van der Waals surface area contributed by atoms with Crippen molar-refractivity contribution in [1.29, 1.82) is 5.41 Å². The second-order valence-corrected chi connectivity index (χ2v) is 6.37. The van der Waals surface area contributed by atoms with Gasteiger partial charge in [-0.25, -0.2) is 0 Å². The molecule has 1 aromatic carbocycles. The summed E-state index contributed by atoms with van der Waals surface area (Å²) >= 11 is 0. The van der Waals surface area contributed by atoms with Crippen LogP contribution >= 0.6 is 0 Å². The Balaban J connectivity index is 2.15. The van der Waals surface area contributed by atoms with Crippen molar-refractivity contribution in [3.05, 3.63) is 30.0 Å². The van der Waals surface area contributed by atoms with E-state index in [0.717, 1.165) is 21.4 Å². The van der Waals surface area contributed by atoms with E-state index in [1.165, 1.54) is 37.8 Å². The number of quaternary nitrogens is 1. The summed E-state index contributed by atoms with van der Waals surface area (Å²) in [6.07, 6.45) is 8.53. The summed E-state index contributed by atoms with van der Waals surface area (Å²) in [5.74, 6) is 1.13. The first-order valence-electron chi connectivity index (χ1n) is 8.01. The average Bonchev–Trinajstić information content (AvgIpc) is 2.89. The minimum atomic E-state index is 0.229. The molecule has 0 spiro atoms. The van der Waals surface area contributed by atoms with Crippen LogP contribution in [0.2, 0.25) is 0 Å². The van der Waals surface area contributed by atoms with Gasteiger partial charge in [0.15, 0.2) is 11.4 Å². The lowest BCUT2D eigenvalue weighted by atomic mass is 9.92. The molecule has 1 atom stereocenters. The normalized spacial score (nSPS) is 24.6. The Labute approximate surface area is 132 Å². The van der Waals surface area contributed by atoms with E-state index in [4.69, 9.17) is 14.9 Å². The van der Waals surface area contributed by atoms with Gasteiger partial charge in [-0.2, -0.15) is 0 Å². The fourth-order valence-corrected chi connectivity index (χ4v) is 4.00. The second-order valence-electron chi connectivity index (χ2n) is 6.37. The van der Waals surface area contributed by atoms with Crippen molar-refractivity contribution >= 4 is 17.2 Å². The molecule has 1 heterocycles. The van der Waals surface area contributed by atoms with E-state index in [2.05, 4.69) is 19.3 Å². The van der Waals surface area contributed by atoms with E-state index in [0.29, 0.717) is 6.04 Å². The van der Waals surface area contributed by atoms with E-state index < -0.39 is 0 Å². The van der Waals surface area contributed by atoms with Crippen molar-refractivity contribution in [3.8, 4) is 5.75 Å². The predicted molar refractivity (Wildman–Crippen MR) is 90.3 cm³/mol. The summed E-state index contributed by atoms with van der Waals surface area (Å²) in [7, 11) is 5.53. The molecule has 0 radical (unpaired) electrons. The lowest BCUT2D eigenvalue weighted by Crippen LogP contribution is -2.49. The molecule has 0 saturated heterocycles. The first-order chi connectivity index (χ1) is 10.6. The summed E-state index contributed by atoms with van der Waals surface area (Å²) in [5.41, 5.74) is 3.12. The summed E-state index contributed by atoms with van der Waals surface area (Å²) in [5, 5.41) is 8.14. The monoisotopic (exact) mass is 301 g/mol. The summed E-state index contributed by atoms with van der Waals surface area (Å²) in [4.78, 5) is 0. The number of para-hydroxylation sites is 1. The van der Waals surface area contributed by atoms with E-state index in [1.54, 1.807) is 14.2 Å². The van der Waals surface area contributed by atoms with Gasteiger partial charge in [-0.3, -0.25) is 9.89 Å². The van der Waals surface area contributed by atoms with Crippen LogP contribution in [0.1, 0.15) is 37.7 Å². The van der Waals surface area contributed by atoms with E-state index in [1.807, 2.05) is 12.1 Å². The Morgan fingerprint density at radius 1 is 1.18 bits per heavy atom. The molecule has 0 aromatic heterocycles. The molecule has 1 unspecified atom stereocenters. The highest BCUT2D eigenvalue weighted by Gasteiger charge is 2.45. The van der Waals surface area contributed by atoms with Gasteiger partial charge in [0.05, 0.1) is 32.9 Å². The number of rotatable bonds is 3. The highest BCUT2D eigenvalue weighted by Crippen LogP contribution is 2.49. The lowest BCUT2D eigenvalue weighted by Gasteiger charge is -2.38. The van der Waals surface area contributed by atoms with Gasteiger partial charge in [0.2, 0.25) is 5.90 Å². The molecule has 4 nitrogen and oxygen atoms in total. The van der Waals surface area contributed by atoms with Crippen molar-refractivity contribution in [2.75, 3.05) is 21.3 Å². The molecule has 1 fully saturated rings. The van der Waals surface area contributed by atoms with Crippen LogP contribution in [0, 0.1) is 5.41 Å². The zero-order valence-corrected chi connectivity index (χ0v) is 13.7. The zero-order valence-electron chi connectivity index (χ0n) is 13.7. The highest BCUT2D eigenvalue weighted by atomic mass is 16.5. The average molecular weight is 301 g/mol. The summed E-state index contributed by atoms with van der Waals surface area (Å²) in [6.45, 7) is 0. The zero-order chi connectivity index (χ0) is 15.7.